The first kappa shape index (κ1) is 14.5. The van der Waals surface area contributed by atoms with Crippen LogP contribution in [0.15, 0.2) is 49.1 Å². The summed E-state index contributed by atoms with van der Waals surface area (Å²) >= 11 is 0. The number of aromatic nitrogens is 4. The van der Waals surface area contributed by atoms with E-state index in [0.29, 0.717) is 0 Å². The summed E-state index contributed by atoms with van der Waals surface area (Å²) in [6.07, 6.45) is 7.79. The zero-order chi connectivity index (χ0) is 15.4. The highest BCUT2D eigenvalue weighted by molar-refractivity contribution is 5.24. The minimum absolute atomic E-state index is 0.832. The van der Waals surface area contributed by atoms with Crippen molar-refractivity contribution in [2.75, 3.05) is 0 Å². The number of imidazole rings is 1. The van der Waals surface area contributed by atoms with Gasteiger partial charge in [-0.1, -0.05) is 24.3 Å². The van der Waals surface area contributed by atoms with Crippen molar-refractivity contribution in [3.05, 3.63) is 71.6 Å². The SMILES string of the molecule is Cc1nccn1Cc1cccc(CNCc2cnn(C)c2)c1. The Kier molecular flexibility index (Phi) is 4.34. The second-order valence-corrected chi connectivity index (χ2v) is 5.55. The predicted octanol–water partition coefficient (Wildman–Crippen LogP) is 2.26. The second kappa shape index (κ2) is 6.58. The summed E-state index contributed by atoms with van der Waals surface area (Å²) in [7, 11) is 1.94. The molecule has 0 saturated heterocycles. The third-order valence-electron chi connectivity index (χ3n) is 3.68. The third kappa shape index (κ3) is 3.62. The van der Waals surface area contributed by atoms with E-state index in [1.807, 2.05) is 43.4 Å². The number of aryl methyl sites for hydroxylation is 2. The Morgan fingerprint density at radius 1 is 1.14 bits per heavy atom. The molecule has 0 saturated carbocycles. The fraction of sp³-hybridized carbons (Fsp3) is 0.294. The normalized spacial score (nSPS) is 11.0. The van der Waals surface area contributed by atoms with Crippen molar-refractivity contribution in [2.24, 2.45) is 7.05 Å². The van der Waals surface area contributed by atoms with Gasteiger partial charge < -0.3 is 9.88 Å². The number of rotatable bonds is 6. The summed E-state index contributed by atoms with van der Waals surface area (Å²) in [5, 5.41) is 7.63. The molecule has 0 unspecified atom stereocenters. The van der Waals surface area contributed by atoms with Gasteiger partial charge in [-0.05, 0) is 18.1 Å². The molecule has 114 valence electrons. The summed E-state index contributed by atoms with van der Waals surface area (Å²) in [5.74, 6) is 1.04. The Morgan fingerprint density at radius 2 is 1.95 bits per heavy atom. The van der Waals surface area contributed by atoms with Gasteiger partial charge in [0.15, 0.2) is 0 Å². The van der Waals surface area contributed by atoms with Crippen LogP contribution in [0.25, 0.3) is 0 Å². The molecule has 0 aliphatic heterocycles. The van der Waals surface area contributed by atoms with Crippen LogP contribution in [0.5, 0.6) is 0 Å². The average molecular weight is 295 g/mol. The lowest BCUT2D eigenvalue weighted by Crippen LogP contribution is -2.12. The Labute approximate surface area is 130 Å². The van der Waals surface area contributed by atoms with Crippen LogP contribution in [-0.4, -0.2) is 19.3 Å². The Morgan fingerprint density at radius 3 is 2.68 bits per heavy atom. The maximum Gasteiger partial charge on any atom is 0.105 e. The maximum absolute atomic E-state index is 4.26. The largest absolute Gasteiger partial charge is 0.331 e. The lowest BCUT2D eigenvalue weighted by Gasteiger charge is -2.08. The van der Waals surface area contributed by atoms with Crippen LogP contribution in [0, 0.1) is 6.92 Å². The predicted molar refractivity (Wildman–Crippen MR) is 86.3 cm³/mol. The highest BCUT2D eigenvalue weighted by Gasteiger charge is 2.01. The van der Waals surface area contributed by atoms with E-state index in [1.54, 1.807) is 0 Å². The molecule has 2 aromatic heterocycles. The van der Waals surface area contributed by atoms with Gasteiger partial charge in [0.05, 0.1) is 6.20 Å². The highest BCUT2D eigenvalue weighted by atomic mass is 15.2. The first-order valence-electron chi connectivity index (χ1n) is 7.44. The third-order valence-corrected chi connectivity index (χ3v) is 3.68. The molecule has 3 rings (SSSR count). The second-order valence-electron chi connectivity index (χ2n) is 5.55. The fourth-order valence-electron chi connectivity index (χ4n) is 2.52. The van der Waals surface area contributed by atoms with Crippen molar-refractivity contribution < 1.29 is 0 Å². The van der Waals surface area contributed by atoms with Gasteiger partial charge in [0.2, 0.25) is 0 Å². The van der Waals surface area contributed by atoms with Gasteiger partial charge >= 0.3 is 0 Å². The number of nitrogens with one attached hydrogen (secondary N) is 1. The van der Waals surface area contributed by atoms with Gasteiger partial charge in [-0.3, -0.25) is 4.68 Å². The molecular formula is C17H21N5. The summed E-state index contributed by atoms with van der Waals surface area (Å²) in [4.78, 5) is 4.26. The molecule has 0 amide bonds. The number of hydrogen-bond acceptors (Lipinski definition) is 3. The Balaban J connectivity index is 1.58. The molecule has 0 aliphatic carbocycles. The molecule has 0 radical (unpaired) electrons. The van der Waals surface area contributed by atoms with Crippen molar-refractivity contribution in [2.45, 2.75) is 26.6 Å². The van der Waals surface area contributed by atoms with Crippen LogP contribution in [0.4, 0.5) is 0 Å². The van der Waals surface area contributed by atoms with Gasteiger partial charge in [0.25, 0.3) is 0 Å². The molecule has 0 atom stereocenters. The highest BCUT2D eigenvalue weighted by Crippen LogP contribution is 2.09. The molecule has 1 N–H and O–H groups in total. The zero-order valence-corrected chi connectivity index (χ0v) is 13.0. The molecular weight excluding hydrogens is 274 g/mol. The van der Waals surface area contributed by atoms with E-state index in [4.69, 9.17) is 0 Å². The van der Waals surface area contributed by atoms with Crippen molar-refractivity contribution >= 4 is 0 Å². The van der Waals surface area contributed by atoms with Gasteiger partial charge in [0, 0.05) is 50.8 Å². The molecule has 3 aromatic rings. The Bertz CT molecular complexity index is 741. The molecule has 0 aliphatic rings. The van der Waals surface area contributed by atoms with E-state index >= 15 is 0 Å². The van der Waals surface area contributed by atoms with Crippen molar-refractivity contribution in [3.63, 3.8) is 0 Å². The van der Waals surface area contributed by atoms with Gasteiger partial charge in [0.1, 0.15) is 5.82 Å². The lowest BCUT2D eigenvalue weighted by molar-refractivity contribution is 0.689. The molecule has 22 heavy (non-hydrogen) atoms. The summed E-state index contributed by atoms with van der Waals surface area (Å²) in [6.45, 7) is 4.58. The maximum atomic E-state index is 4.26. The van der Waals surface area contributed by atoms with Crippen LogP contribution < -0.4 is 5.32 Å². The molecule has 0 bridgehead atoms. The smallest absolute Gasteiger partial charge is 0.105 e. The van der Waals surface area contributed by atoms with E-state index < -0.39 is 0 Å². The monoisotopic (exact) mass is 295 g/mol. The minimum Gasteiger partial charge on any atom is -0.331 e. The van der Waals surface area contributed by atoms with E-state index in [0.717, 1.165) is 25.5 Å². The van der Waals surface area contributed by atoms with Crippen LogP contribution in [0.3, 0.4) is 0 Å². The standard InChI is InChI=1S/C17H21N5/c1-14-19-6-7-22(14)13-16-5-3-4-15(8-16)9-18-10-17-11-20-21(2)12-17/h3-8,11-12,18H,9-10,13H2,1-2H3. The van der Waals surface area contributed by atoms with Crippen molar-refractivity contribution in [1.29, 1.82) is 0 Å². The van der Waals surface area contributed by atoms with Crippen LogP contribution in [-0.2, 0) is 26.7 Å². The van der Waals surface area contributed by atoms with E-state index in [9.17, 15) is 0 Å². The average Bonchev–Trinajstić information content (AvgIpc) is 3.09. The van der Waals surface area contributed by atoms with Crippen molar-refractivity contribution in [1.82, 2.24) is 24.6 Å². The zero-order valence-electron chi connectivity index (χ0n) is 13.0. The Hall–Kier alpha value is -2.40. The van der Waals surface area contributed by atoms with Crippen LogP contribution in [0.1, 0.15) is 22.5 Å². The van der Waals surface area contributed by atoms with Gasteiger partial charge in [-0.25, -0.2) is 4.98 Å². The quantitative estimate of drug-likeness (QED) is 0.759. The number of nitrogens with zero attached hydrogens (tertiary/aromatic N) is 4. The molecule has 2 heterocycles. The first-order chi connectivity index (χ1) is 10.7. The van der Waals surface area contributed by atoms with Crippen molar-refractivity contribution in [3.8, 4) is 0 Å². The molecule has 5 heteroatoms. The minimum atomic E-state index is 0.832. The van der Waals surface area contributed by atoms with E-state index in [-0.39, 0.29) is 0 Å². The topological polar surface area (TPSA) is 47.7 Å². The molecule has 0 spiro atoms. The molecule has 5 nitrogen and oxygen atoms in total. The van der Waals surface area contributed by atoms with E-state index in [2.05, 4.69) is 44.2 Å². The van der Waals surface area contributed by atoms with E-state index in [1.165, 1.54) is 16.7 Å². The van der Waals surface area contributed by atoms with Gasteiger partial charge in [-0.2, -0.15) is 5.10 Å². The summed E-state index contributed by atoms with van der Waals surface area (Å²) < 4.78 is 3.98. The molecule has 1 aromatic carbocycles. The number of hydrogen-bond donors (Lipinski definition) is 1. The molecule has 0 fully saturated rings. The fourth-order valence-corrected chi connectivity index (χ4v) is 2.52. The summed E-state index contributed by atoms with van der Waals surface area (Å²) in [6, 6.07) is 8.67. The lowest BCUT2D eigenvalue weighted by atomic mass is 10.1. The van der Waals surface area contributed by atoms with Crippen LogP contribution >= 0.6 is 0 Å². The van der Waals surface area contributed by atoms with Gasteiger partial charge in [-0.15, -0.1) is 0 Å². The number of benzene rings is 1. The first-order valence-corrected chi connectivity index (χ1v) is 7.44. The summed E-state index contributed by atoms with van der Waals surface area (Å²) in [5.41, 5.74) is 3.79. The van der Waals surface area contributed by atoms with Crippen LogP contribution in [0.2, 0.25) is 0 Å².